The van der Waals surface area contributed by atoms with Gasteiger partial charge in [0.2, 0.25) is 0 Å². The highest BCUT2D eigenvalue weighted by molar-refractivity contribution is 9.10. The van der Waals surface area contributed by atoms with Crippen molar-refractivity contribution < 1.29 is 15.0 Å². The molecule has 0 aliphatic carbocycles. The standard InChI is InChI=1S/C10H12BrClN2O3/c11-7-2-1-3-8(12)9(7)14-10(17)13-4-6(16)5-15/h1-3,6,15-16H,4-5H2,(H2,13,14,17). The maximum Gasteiger partial charge on any atom is 0.319 e. The van der Waals surface area contributed by atoms with Gasteiger partial charge in [0, 0.05) is 11.0 Å². The van der Waals surface area contributed by atoms with Crippen molar-refractivity contribution in [1.82, 2.24) is 5.32 Å². The lowest BCUT2D eigenvalue weighted by Crippen LogP contribution is -2.36. The third-order valence-corrected chi connectivity index (χ3v) is 2.89. The van der Waals surface area contributed by atoms with Crippen LogP contribution >= 0.6 is 27.5 Å². The van der Waals surface area contributed by atoms with Gasteiger partial charge in [-0.05, 0) is 28.1 Å². The van der Waals surface area contributed by atoms with Crippen molar-refractivity contribution in [2.75, 3.05) is 18.5 Å². The molecular formula is C10H12BrClN2O3. The lowest BCUT2D eigenvalue weighted by Gasteiger charge is -2.12. The number of rotatable bonds is 4. The van der Waals surface area contributed by atoms with Crippen LogP contribution in [0.1, 0.15) is 0 Å². The fourth-order valence-corrected chi connectivity index (χ4v) is 1.85. The van der Waals surface area contributed by atoms with Crippen molar-refractivity contribution in [2.24, 2.45) is 0 Å². The van der Waals surface area contributed by atoms with Crippen LogP contribution in [0.2, 0.25) is 5.02 Å². The molecule has 4 N–H and O–H groups in total. The largest absolute Gasteiger partial charge is 0.394 e. The summed E-state index contributed by atoms with van der Waals surface area (Å²) < 4.78 is 0.655. The Morgan fingerprint density at radius 2 is 2.24 bits per heavy atom. The molecule has 17 heavy (non-hydrogen) atoms. The van der Waals surface area contributed by atoms with Gasteiger partial charge in [0.05, 0.1) is 23.4 Å². The molecule has 0 spiro atoms. The number of aliphatic hydroxyl groups is 2. The molecule has 0 saturated carbocycles. The summed E-state index contributed by atoms with van der Waals surface area (Å²) in [6, 6.07) is 4.62. The van der Waals surface area contributed by atoms with Crippen molar-refractivity contribution in [3.8, 4) is 0 Å². The highest BCUT2D eigenvalue weighted by Crippen LogP contribution is 2.29. The summed E-state index contributed by atoms with van der Waals surface area (Å²) in [6.07, 6.45) is -0.976. The zero-order chi connectivity index (χ0) is 12.8. The van der Waals surface area contributed by atoms with Gasteiger partial charge in [-0.25, -0.2) is 4.79 Å². The van der Waals surface area contributed by atoms with Crippen LogP contribution < -0.4 is 10.6 Å². The van der Waals surface area contributed by atoms with Gasteiger partial charge in [0.25, 0.3) is 0 Å². The van der Waals surface area contributed by atoms with Gasteiger partial charge >= 0.3 is 6.03 Å². The van der Waals surface area contributed by atoms with Crippen molar-refractivity contribution >= 4 is 39.2 Å². The molecule has 0 bridgehead atoms. The number of urea groups is 1. The van der Waals surface area contributed by atoms with Gasteiger partial charge in [-0.3, -0.25) is 0 Å². The molecule has 0 saturated heterocycles. The molecule has 1 aromatic carbocycles. The average molecular weight is 324 g/mol. The predicted octanol–water partition coefficient (Wildman–Crippen LogP) is 1.58. The number of aliphatic hydroxyl groups excluding tert-OH is 2. The van der Waals surface area contributed by atoms with E-state index in [2.05, 4.69) is 26.6 Å². The molecule has 0 aliphatic rings. The average Bonchev–Trinajstić information content (AvgIpc) is 2.31. The van der Waals surface area contributed by atoms with E-state index in [0.29, 0.717) is 15.2 Å². The van der Waals surface area contributed by atoms with Gasteiger partial charge in [0.1, 0.15) is 0 Å². The van der Waals surface area contributed by atoms with Crippen LogP contribution in [0.3, 0.4) is 0 Å². The monoisotopic (exact) mass is 322 g/mol. The number of benzene rings is 1. The molecule has 5 nitrogen and oxygen atoms in total. The van der Waals surface area contributed by atoms with Gasteiger partial charge in [0.15, 0.2) is 0 Å². The van der Waals surface area contributed by atoms with Crippen LogP contribution in [0.25, 0.3) is 0 Å². The first-order chi connectivity index (χ1) is 8.04. The lowest BCUT2D eigenvalue weighted by molar-refractivity contribution is 0.0965. The van der Waals surface area contributed by atoms with Crippen LogP contribution in [0.4, 0.5) is 10.5 Å². The highest BCUT2D eigenvalue weighted by atomic mass is 79.9. The smallest absolute Gasteiger partial charge is 0.319 e. The molecular weight excluding hydrogens is 311 g/mol. The number of nitrogens with one attached hydrogen (secondary N) is 2. The molecule has 0 aliphatic heterocycles. The minimum atomic E-state index is -0.976. The summed E-state index contributed by atoms with van der Waals surface area (Å²) in [4.78, 5) is 11.4. The second kappa shape index (κ2) is 6.80. The Labute approximate surface area is 112 Å². The number of para-hydroxylation sites is 1. The van der Waals surface area contributed by atoms with Crippen LogP contribution in [-0.4, -0.2) is 35.5 Å². The number of amides is 2. The molecule has 0 radical (unpaired) electrons. The maximum absolute atomic E-state index is 11.4. The number of carbonyl (C=O) groups excluding carboxylic acids is 1. The first-order valence-corrected chi connectivity index (χ1v) is 5.99. The van der Waals surface area contributed by atoms with Crippen molar-refractivity contribution in [2.45, 2.75) is 6.10 Å². The van der Waals surface area contributed by atoms with E-state index in [9.17, 15) is 4.79 Å². The topological polar surface area (TPSA) is 81.6 Å². The molecule has 1 rings (SSSR count). The second-order valence-electron chi connectivity index (χ2n) is 3.27. The summed E-state index contributed by atoms with van der Waals surface area (Å²) >= 11 is 9.15. The summed E-state index contributed by atoms with van der Waals surface area (Å²) in [7, 11) is 0. The number of hydrogen-bond acceptors (Lipinski definition) is 3. The van der Waals surface area contributed by atoms with E-state index in [4.69, 9.17) is 21.8 Å². The van der Waals surface area contributed by atoms with Crippen molar-refractivity contribution in [1.29, 1.82) is 0 Å². The molecule has 1 aromatic rings. The molecule has 0 fully saturated rings. The summed E-state index contributed by atoms with van der Waals surface area (Å²) in [5.74, 6) is 0. The van der Waals surface area contributed by atoms with Crippen LogP contribution in [-0.2, 0) is 0 Å². The van der Waals surface area contributed by atoms with E-state index >= 15 is 0 Å². The van der Waals surface area contributed by atoms with Crippen molar-refractivity contribution in [3.63, 3.8) is 0 Å². The van der Waals surface area contributed by atoms with Crippen LogP contribution in [0.15, 0.2) is 22.7 Å². The third-order valence-electron chi connectivity index (χ3n) is 1.91. The Bertz CT molecular complexity index is 383. The normalized spacial score (nSPS) is 12.0. The number of anilines is 1. The predicted molar refractivity (Wildman–Crippen MR) is 69.3 cm³/mol. The molecule has 7 heteroatoms. The second-order valence-corrected chi connectivity index (χ2v) is 4.53. The molecule has 0 aromatic heterocycles. The Hall–Kier alpha value is -0.820. The fourth-order valence-electron chi connectivity index (χ4n) is 1.05. The molecule has 1 atom stereocenters. The van der Waals surface area contributed by atoms with E-state index in [0.717, 1.165) is 0 Å². The quantitative estimate of drug-likeness (QED) is 0.679. The van der Waals surface area contributed by atoms with Crippen LogP contribution in [0, 0.1) is 0 Å². The number of hydrogen-bond donors (Lipinski definition) is 4. The molecule has 94 valence electrons. The van der Waals surface area contributed by atoms with E-state index in [1.807, 2.05) is 0 Å². The van der Waals surface area contributed by atoms with E-state index in [-0.39, 0.29) is 6.54 Å². The third kappa shape index (κ3) is 4.51. The molecule has 2 amide bonds. The number of halogens is 2. The van der Waals surface area contributed by atoms with Gasteiger partial charge in [-0.1, -0.05) is 17.7 Å². The summed E-state index contributed by atoms with van der Waals surface area (Å²) in [6.45, 7) is -0.444. The first-order valence-electron chi connectivity index (χ1n) is 4.82. The molecule has 0 heterocycles. The fraction of sp³-hybridized carbons (Fsp3) is 0.300. The summed E-state index contributed by atoms with van der Waals surface area (Å²) in [5, 5.41) is 23.0. The van der Waals surface area contributed by atoms with Crippen molar-refractivity contribution in [3.05, 3.63) is 27.7 Å². The Kier molecular flexibility index (Phi) is 5.70. The zero-order valence-corrected chi connectivity index (χ0v) is 11.1. The maximum atomic E-state index is 11.4. The SMILES string of the molecule is O=C(NCC(O)CO)Nc1c(Cl)cccc1Br. The number of carbonyl (C=O) groups is 1. The Morgan fingerprint density at radius 1 is 1.53 bits per heavy atom. The minimum Gasteiger partial charge on any atom is -0.394 e. The highest BCUT2D eigenvalue weighted by Gasteiger charge is 2.10. The van der Waals surface area contributed by atoms with Gasteiger partial charge in [-0.15, -0.1) is 0 Å². The summed E-state index contributed by atoms with van der Waals surface area (Å²) in [5.41, 5.74) is 0.449. The van der Waals surface area contributed by atoms with Gasteiger partial charge < -0.3 is 20.8 Å². The van der Waals surface area contributed by atoms with E-state index < -0.39 is 18.7 Å². The molecule has 1 unspecified atom stereocenters. The van der Waals surface area contributed by atoms with E-state index in [1.54, 1.807) is 18.2 Å². The van der Waals surface area contributed by atoms with Crippen LogP contribution in [0.5, 0.6) is 0 Å². The first kappa shape index (κ1) is 14.2. The Balaban J connectivity index is 2.56. The lowest BCUT2D eigenvalue weighted by atomic mass is 10.3. The minimum absolute atomic E-state index is 0.0373. The zero-order valence-electron chi connectivity index (χ0n) is 8.78. The Morgan fingerprint density at radius 3 is 2.82 bits per heavy atom. The van der Waals surface area contributed by atoms with Gasteiger partial charge in [-0.2, -0.15) is 0 Å². The van der Waals surface area contributed by atoms with E-state index in [1.165, 1.54) is 0 Å².